The second-order valence-electron chi connectivity index (χ2n) is 6.03. The van der Waals surface area contributed by atoms with Gasteiger partial charge in [-0.3, -0.25) is 14.6 Å². The molecule has 9 heteroatoms. The number of hydrogen-bond acceptors (Lipinski definition) is 5. The lowest BCUT2D eigenvalue weighted by molar-refractivity contribution is 0.0937. The Labute approximate surface area is 154 Å². The van der Waals surface area contributed by atoms with Gasteiger partial charge in [0, 0.05) is 31.1 Å². The van der Waals surface area contributed by atoms with Crippen LogP contribution in [0.5, 0.6) is 5.75 Å². The van der Waals surface area contributed by atoms with Gasteiger partial charge in [-0.2, -0.15) is 5.10 Å². The van der Waals surface area contributed by atoms with Crippen molar-refractivity contribution in [2.45, 2.75) is 13.0 Å². The van der Waals surface area contributed by atoms with Gasteiger partial charge in [0.1, 0.15) is 11.3 Å². The number of hydrogen-bond donors (Lipinski definition) is 2. The molecule has 1 aromatic carbocycles. The molecule has 0 saturated heterocycles. The zero-order chi connectivity index (χ0) is 19.6. The second kappa shape index (κ2) is 7.32. The van der Waals surface area contributed by atoms with E-state index in [1.54, 1.807) is 31.1 Å². The summed E-state index contributed by atoms with van der Waals surface area (Å²) in [5, 5.41) is 7.04. The Balaban J connectivity index is 1.79. The van der Waals surface area contributed by atoms with E-state index in [1.807, 2.05) is 24.3 Å². The van der Waals surface area contributed by atoms with Crippen molar-refractivity contribution in [2.75, 3.05) is 7.11 Å². The van der Waals surface area contributed by atoms with Gasteiger partial charge in [-0.15, -0.1) is 0 Å². The molecule has 2 aromatic heterocycles. The number of H-pyrrole nitrogens is 1. The average molecular weight is 369 g/mol. The number of methoxy groups -OCH3 is 1. The lowest BCUT2D eigenvalue weighted by atomic mass is 10.2. The monoisotopic (exact) mass is 369 g/mol. The lowest BCUT2D eigenvalue weighted by Gasteiger charge is -2.12. The topological polar surface area (TPSA) is 111 Å². The molecule has 140 valence electrons. The van der Waals surface area contributed by atoms with Crippen LogP contribution in [-0.4, -0.2) is 32.3 Å². The summed E-state index contributed by atoms with van der Waals surface area (Å²) in [7, 11) is 3.04. The Morgan fingerprint density at radius 2 is 2.07 bits per heavy atom. The molecular formula is C18H19N5O4. The van der Waals surface area contributed by atoms with Crippen LogP contribution in [0, 0.1) is 0 Å². The molecule has 0 saturated carbocycles. The van der Waals surface area contributed by atoms with Crippen molar-refractivity contribution in [2.24, 2.45) is 7.05 Å². The van der Waals surface area contributed by atoms with E-state index in [-0.39, 0.29) is 5.56 Å². The van der Waals surface area contributed by atoms with Crippen LogP contribution in [0.2, 0.25) is 0 Å². The standard InChI is InChI=1S/C18H19N5O4/c1-11(20-16(24)15-10-22(2)18(26)21-17(15)25)12-8-19-23(9-12)13-5-4-6-14(7-13)27-3/h4-11H,1-3H3,(H,20,24)(H,21,25,26). The predicted molar refractivity (Wildman–Crippen MR) is 98.3 cm³/mol. The Morgan fingerprint density at radius 1 is 1.30 bits per heavy atom. The summed E-state index contributed by atoms with van der Waals surface area (Å²) in [6, 6.07) is 7.01. The smallest absolute Gasteiger partial charge is 0.328 e. The van der Waals surface area contributed by atoms with E-state index in [2.05, 4.69) is 15.4 Å². The highest BCUT2D eigenvalue weighted by Gasteiger charge is 2.17. The van der Waals surface area contributed by atoms with Crippen molar-refractivity contribution < 1.29 is 9.53 Å². The van der Waals surface area contributed by atoms with E-state index in [4.69, 9.17) is 4.74 Å². The molecule has 3 aromatic rings. The molecule has 0 aliphatic heterocycles. The van der Waals surface area contributed by atoms with Crippen molar-refractivity contribution in [3.8, 4) is 11.4 Å². The number of carbonyl (C=O) groups is 1. The molecule has 0 spiro atoms. The molecule has 2 heterocycles. The zero-order valence-electron chi connectivity index (χ0n) is 15.1. The summed E-state index contributed by atoms with van der Waals surface area (Å²) < 4.78 is 8.01. The first-order valence-corrected chi connectivity index (χ1v) is 8.19. The lowest BCUT2D eigenvalue weighted by Crippen LogP contribution is -2.36. The maximum absolute atomic E-state index is 12.4. The van der Waals surface area contributed by atoms with Gasteiger partial charge in [0.05, 0.1) is 25.0 Å². The number of nitrogens with one attached hydrogen (secondary N) is 2. The number of carbonyl (C=O) groups excluding carboxylic acids is 1. The van der Waals surface area contributed by atoms with Gasteiger partial charge in [0.15, 0.2) is 0 Å². The van der Waals surface area contributed by atoms with Gasteiger partial charge < -0.3 is 14.6 Å². The molecule has 0 fully saturated rings. The van der Waals surface area contributed by atoms with Crippen LogP contribution < -0.4 is 21.3 Å². The molecule has 0 aliphatic carbocycles. The zero-order valence-corrected chi connectivity index (χ0v) is 15.1. The summed E-state index contributed by atoms with van der Waals surface area (Å²) in [6.45, 7) is 1.78. The number of aromatic amines is 1. The normalized spacial score (nSPS) is 11.8. The fraction of sp³-hybridized carbons (Fsp3) is 0.222. The first kappa shape index (κ1) is 18.2. The molecule has 9 nitrogen and oxygen atoms in total. The third-order valence-corrected chi connectivity index (χ3v) is 4.12. The van der Waals surface area contributed by atoms with Crippen LogP contribution in [0.3, 0.4) is 0 Å². The fourth-order valence-corrected chi connectivity index (χ4v) is 2.54. The largest absolute Gasteiger partial charge is 0.497 e. The molecule has 2 N–H and O–H groups in total. The van der Waals surface area contributed by atoms with E-state index in [1.165, 1.54) is 13.2 Å². The molecule has 1 unspecified atom stereocenters. The number of aryl methyl sites for hydroxylation is 1. The average Bonchev–Trinajstić information content (AvgIpc) is 3.15. The highest BCUT2D eigenvalue weighted by molar-refractivity contribution is 5.93. The van der Waals surface area contributed by atoms with Gasteiger partial charge in [0.25, 0.3) is 11.5 Å². The molecule has 1 atom stereocenters. The van der Waals surface area contributed by atoms with Gasteiger partial charge in [-0.1, -0.05) is 6.07 Å². The summed E-state index contributed by atoms with van der Waals surface area (Å²) in [5.74, 6) is 0.133. The highest BCUT2D eigenvalue weighted by atomic mass is 16.5. The van der Waals surface area contributed by atoms with E-state index >= 15 is 0 Å². The van der Waals surface area contributed by atoms with E-state index in [0.29, 0.717) is 5.75 Å². The second-order valence-corrected chi connectivity index (χ2v) is 6.03. The third kappa shape index (κ3) is 3.81. The third-order valence-electron chi connectivity index (χ3n) is 4.12. The van der Waals surface area contributed by atoms with Crippen LogP contribution in [0.15, 0.2) is 52.4 Å². The van der Waals surface area contributed by atoms with E-state index < -0.39 is 23.2 Å². The van der Waals surface area contributed by atoms with Gasteiger partial charge in [-0.05, 0) is 19.1 Å². The van der Waals surface area contributed by atoms with Crippen molar-refractivity contribution in [1.82, 2.24) is 24.6 Å². The molecule has 0 radical (unpaired) electrons. The number of aromatic nitrogens is 4. The van der Waals surface area contributed by atoms with Crippen molar-refractivity contribution >= 4 is 5.91 Å². The fourth-order valence-electron chi connectivity index (χ4n) is 2.54. The quantitative estimate of drug-likeness (QED) is 0.690. The summed E-state index contributed by atoms with van der Waals surface area (Å²) in [6.07, 6.45) is 4.63. The maximum atomic E-state index is 12.4. The SMILES string of the molecule is COc1cccc(-n2cc(C(C)NC(=O)c3cn(C)c(=O)[nH]c3=O)cn2)c1. The number of rotatable bonds is 5. The van der Waals surface area contributed by atoms with Crippen LogP contribution in [0.1, 0.15) is 28.9 Å². The van der Waals surface area contributed by atoms with Crippen LogP contribution in [0.25, 0.3) is 5.69 Å². The molecule has 27 heavy (non-hydrogen) atoms. The van der Waals surface area contributed by atoms with E-state index in [0.717, 1.165) is 15.8 Å². The molecule has 0 aliphatic rings. The molecule has 1 amide bonds. The minimum atomic E-state index is -0.727. The predicted octanol–water partition coefficient (Wildman–Crippen LogP) is 0.759. The maximum Gasteiger partial charge on any atom is 0.328 e. The van der Waals surface area contributed by atoms with Gasteiger partial charge >= 0.3 is 5.69 Å². The number of ether oxygens (including phenoxy) is 1. The number of benzene rings is 1. The Bertz CT molecular complexity index is 1100. The van der Waals surface area contributed by atoms with Gasteiger partial charge in [-0.25, -0.2) is 9.48 Å². The van der Waals surface area contributed by atoms with E-state index in [9.17, 15) is 14.4 Å². The number of nitrogens with zero attached hydrogens (tertiary/aromatic N) is 3. The Kier molecular flexibility index (Phi) is 4.93. The summed E-state index contributed by atoms with van der Waals surface area (Å²) >= 11 is 0. The number of amides is 1. The molecular weight excluding hydrogens is 350 g/mol. The van der Waals surface area contributed by atoms with Crippen molar-refractivity contribution in [1.29, 1.82) is 0 Å². The minimum Gasteiger partial charge on any atom is -0.497 e. The summed E-state index contributed by atoms with van der Waals surface area (Å²) in [4.78, 5) is 37.7. The first-order chi connectivity index (χ1) is 12.9. The summed E-state index contributed by atoms with van der Waals surface area (Å²) in [5.41, 5.74) is 0.129. The highest BCUT2D eigenvalue weighted by Crippen LogP contribution is 2.18. The molecule has 3 rings (SSSR count). The van der Waals surface area contributed by atoms with Crippen molar-refractivity contribution in [3.05, 3.63) is 74.8 Å². The Hall–Kier alpha value is -3.62. The van der Waals surface area contributed by atoms with Crippen LogP contribution in [0.4, 0.5) is 0 Å². The molecule has 0 bridgehead atoms. The van der Waals surface area contributed by atoms with Crippen LogP contribution in [-0.2, 0) is 7.05 Å². The van der Waals surface area contributed by atoms with Crippen LogP contribution >= 0.6 is 0 Å². The Morgan fingerprint density at radius 3 is 2.81 bits per heavy atom. The minimum absolute atomic E-state index is 0.135. The van der Waals surface area contributed by atoms with Crippen molar-refractivity contribution in [3.63, 3.8) is 0 Å². The first-order valence-electron chi connectivity index (χ1n) is 8.19. The van der Waals surface area contributed by atoms with Gasteiger partial charge in [0.2, 0.25) is 0 Å².